The Morgan fingerprint density at radius 2 is 2.14 bits per heavy atom. The molecule has 1 aromatic rings. The number of aliphatic hydroxyl groups is 1. The second-order valence-corrected chi connectivity index (χ2v) is 7.01. The fraction of sp³-hybridized carbons (Fsp3) is 0.312. The SMILES string of the molecule is CCCOC1(Br)C=CC(=C(O)c2ccccc2Br)C(=O)C1. The summed E-state index contributed by atoms with van der Waals surface area (Å²) in [5.74, 6) is -0.174. The molecule has 1 aliphatic rings. The van der Waals surface area contributed by atoms with E-state index in [4.69, 9.17) is 4.74 Å². The zero-order chi connectivity index (χ0) is 15.5. The van der Waals surface area contributed by atoms with Gasteiger partial charge in [0.15, 0.2) is 5.78 Å². The number of carbonyl (C=O) groups is 1. The van der Waals surface area contributed by atoms with Crippen LogP contribution in [0.25, 0.3) is 5.76 Å². The van der Waals surface area contributed by atoms with E-state index in [2.05, 4.69) is 31.9 Å². The number of hydrogen-bond donors (Lipinski definition) is 1. The van der Waals surface area contributed by atoms with E-state index >= 15 is 0 Å². The normalized spacial score (nSPS) is 24.2. The third-order valence-electron chi connectivity index (χ3n) is 3.13. The van der Waals surface area contributed by atoms with Crippen LogP contribution in [0.1, 0.15) is 25.3 Å². The molecule has 1 N–H and O–H groups in total. The van der Waals surface area contributed by atoms with Crippen molar-refractivity contribution >= 4 is 43.4 Å². The maximum atomic E-state index is 12.3. The van der Waals surface area contributed by atoms with Gasteiger partial charge in [-0.15, -0.1) is 0 Å². The van der Waals surface area contributed by atoms with Crippen LogP contribution in [0.2, 0.25) is 0 Å². The number of alkyl halides is 1. The zero-order valence-corrected chi connectivity index (χ0v) is 14.8. The molecule has 0 heterocycles. The predicted octanol–water partition coefficient (Wildman–Crippen LogP) is 4.77. The molecule has 3 nitrogen and oxygen atoms in total. The van der Waals surface area contributed by atoms with Gasteiger partial charge >= 0.3 is 0 Å². The lowest BCUT2D eigenvalue weighted by Gasteiger charge is -2.27. The van der Waals surface area contributed by atoms with Crippen molar-refractivity contribution in [3.63, 3.8) is 0 Å². The molecule has 0 saturated carbocycles. The van der Waals surface area contributed by atoms with E-state index in [0.717, 1.165) is 10.9 Å². The summed E-state index contributed by atoms with van der Waals surface area (Å²) in [4.78, 5) is 12.3. The number of rotatable bonds is 4. The van der Waals surface area contributed by atoms with Gasteiger partial charge in [0, 0.05) is 16.6 Å². The van der Waals surface area contributed by atoms with Crippen molar-refractivity contribution in [3.05, 3.63) is 52.0 Å². The maximum absolute atomic E-state index is 12.3. The molecule has 112 valence electrons. The van der Waals surface area contributed by atoms with Crippen molar-refractivity contribution in [2.24, 2.45) is 0 Å². The first-order valence-electron chi connectivity index (χ1n) is 6.70. The molecular formula is C16H16Br2O3. The molecule has 1 aromatic carbocycles. The lowest BCUT2D eigenvalue weighted by molar-refractivity contribution is -0.118. The monoisotopic (exact) mass is 414 g/mol. The maximum Gasteiger partial charge on any atom is 0.170 e. The van der Waals surface area contributed by atoms with E-state index in [0.29, 0.717) is 17.7 Å². The number of carbonyl (C=O) groups excluding carboxylic acids is 1. The third-order valence-corrected chi connectivity index (χ3v) is 4.60. The van der Waals surface area contributed by atoms with Gasteiger partial charge in [-0.25, -0.2) is 0 Å². The summed E-state index contributed by atoms with van der Waals surface area (Å²) in [5.41, 5.74) is 0.902. The average Bonchev–Trinajstić information content (AvgIpc) is 2.45. The lowest BCUT2D eigenvalue weighted by Crippen LogP contribution is -2.30. The summed E-state index contributed by atoms with van der Waals surface area (Å²) in [6.07, 6.45) is 4.42. The molecule has 0 fully saturated rings. The van der Waals surface area contributed by atoms with Crippen molar-refractivity contribution in [1.82, 2.24) is 0 Å². The molecule has 21 heavy (non-hydrogen) atoms. The molecule has 1 unspecified atom stereocenters. The van der Waals surface area contributed by atoms with Gasteiger partial charge in [-0.1, -0.05) is 41.1 Å². The summed E-state index contributed by atoms with van der Waals surface area (Å²) in [6, 6.07) is 7.25. The largest absolute Gasteiger partial charge is 0.507 e. The number of halogens is 2. The first-order chi connectivity index (χ1) is 9.97. The van der Waals surface area contributed by atoms with Gasteiger partial charge in [-0.3, -0.25) is 4.79 Å². The first-order valence-corrected chi connectivity index (χ1v) is 8.29. The van der Waals surface area contributed by atoms with Gasteiger partial charge in [0.25, 0.3) is 0 Å². The topological polar surface area (TPSA) is 46.5 Å². The quantitative estimate of drug-likeness (QED) is 0.437. The molecule has 0 radical (unpaired) electrons. The number of ketones is 1. The van der Waals surface area contributed by atoms with E-state index in [-0.39, 0.29) is 18.0 Å². The second kappa shape index (κ2) is 6.90. The molecule has 0 saturated heterocycles. The van der Waals surface area contributed by atoms with E-state index in [1.54, 1.807) is 18.2 Å². The van der Waals surface area contributed by atoms with Crippen LogP contribution in [0.5, 0.6) is 0 Å². The first kappa shape index (κ1) is 16.5. The van der Waals surface area contributed by atoms with Crippen LogP contribution in [0.4, 0.5) is 0 Å². The van der Waals surface area contributed by atoms with Crippen molar-refractivity contribution in [2.75, 3.05) is 6.61 Å². The summed E-state index contributed by atoms with van der Waals surface area (Å²) >= 11 is 6.82. The van der Waals surface area contributed by atoms with Crippen molar-refractivity contribution in [2.45, 2.75) is 24.3 Å². The molecule has 1 atom stereocenters. The van der Waals surface area contributed by atoms with Gasteiger partial charge in [-0.2, -0.15) is 0 Å². The van der Waals surface area contributed by atoms with Gasteiger partial charge in [0.2, 0.25) is 0 Å². The Hall–Kier alpha value is -0.910. The Morgan fingerprint density at radius 1 is 1.43 bits per heavy atom. The molecule has 0 aliphatic heterocycles. The Bertz CT molecular complexity index is 607. The lowest BCUT2D eigenvalue weighted by atomic mass is 9.95. The summed E-state index contributed by atoms with van der Waals surface area (Å²) < 4.78 is 5.62. The molecule has 0 bridgehead atoms. The number of benzene rings is 1. The van der Waals surface area contributed by atoms with Crippen LogP contribution in [-0.2, 0) is 9.53 Å². The second-order valence-electron chi connectivity index (χ2n) is 4.81. The molecule has 0 amide bonds. The van der Waals surface area contributed by atoms with E-state index in [9.17, 15) is 9.90 Å². The van der Waals surface area contributed by atoms with Gasteiger partial charge in [-0.05, 0) is 40.6 Å². The minimum absolute atomic E-state index is 0.0197. The summed E-state index contributed by atoms with van der Waals surface area (Å²) in [6.45, 7) is 2.58. The van der Waals surface area contributed by atoms with E-state index in [1.165, 1.54) is 0 Å². The Morgan fingerprint density at radius 3 is 2.76 bits per heavy atom. The van der Waals surface area contributed by atoms with Crippen molar-refractivity contribution in [1.29, 1.82) is 0 Å². The third kappa shape index (κ3) is 3.84. The number of Topliss-reactive ketones (excluding diaryl/α,β-unsaturated/α-hetero) is 1. The average molecular weight is 416 g/mol. The van der Waals surface area contributed by atoms with Crippen molar-refractivity contribution in [3.8, 4) is 0 Å². The number of hydrogen-bond acceptors (Lipinski definition) is 3. The van der Waals surface area contributed by atoms with E-state index in [1.807, 2.05) is 25.1 Å². The molecule has 0 spiro atoms. The highest BCUT2D eigenvalue weighted by Crippen LogP contribution is 2.35. The Balaban J connectivity index is 2.34. The molecule has 5 heteroatoms. The van der Waals surface area contributed by atoms with Crippen LogP contribution < -0.4 is 0 Å². The van der Waals surface area contributed by atoms with Crippen LogP contribution in [0.15, 0.2) is 46.5 Å². The minimum atomic E-state index is -0.766. The van der Waals surface area contributed by atoms with Crippen LogP contribution in [-0.4, -0.2) is 22.0 Å². The number of aliphatic hydroxyl groups excluding tert-OH is 1. The Labute approximate surface area is 141 Å². The Kier molecular flexibility index (Phi) is 5.41. The van der Waals surface area contributed by atoms with Gasteiger partial charge in [0.05, 0.1) is 12.0 Å². The summed E-state index contributed by atoms with van der Waals surface area (Å²) in [5, 5.41) is 10.4. The number of ether oxygens (including phenoxy) is 1. The molecular weight excluding hydrogens is 400 g/mol. The highest BCUT2D eigenvalue weighted by Gasteiger charge is 2.33. The fourth-order valence-corrected chi connectivity index (χ4v) is 3.08. The molecule has 2 rings (SSSR count). The van der Waals surface area contributed by atoms with E-state index < -0.39 is 4.51 Å². The highest BCUT2D eigenvalue weighted by atomic mass is 79.9. The van der Waals surface area contributed by atoms with Crippen LogP contribution in [0, 0.1) is 0 Å². The molecule has 1 aliphatic carbocycles. The standard InChI is InChI=1S/C16H16Br2O3/c1-2-9-21-16(18)8-7-12(14(19)10-16)15(20)11-5-3-4-6-13(11)17/h3-8,20H,2,9-10H2,1H3. The zero-order valence-electron chi connectivity index (χ0n) is 11.6. The number of allylic oxidation sites excluding steroid dienone is 2. The highest BCUT2D eigenvalue weighted by molar-refractivity contribution is 9.10. The predicted molar refractivity (Wildman–Crippen MR) is 90.4 cm³/mol. The van der Waals surface area contributed by atoms with Gasteiger partial charge in [0.1, 0.15) is 10.3 Å². The minimum Gasteiger partial charge on any atom is -0.507 e. The van der Waals surface area contributed by atoms with Crippen LogP contribution in [0.3, 0.4) is 0 Å². The summed E-state index contributed by atoms with van der Waals surface area (Å²) in [7, 11) is 0. The van der Waals surface area contributed by atoms with Crippen LogP contribution >= 0.6 is 31.9 Å². The smallest absolute Gasteiger partial charge is 0.170 e. The van der Waals surface area contributed by atoms with Gasteiger partial charge < -0.3 is 9.84 Å². The fourth-order valence-electron chi connectivity index (χ4n) is 2.05. The van der Waals surface area contributed by atoms with Crippen molar-refractivity contribution < 1.29 is 14.6 Å². The molecule has 0 aromatic heterocycles.